The first-order valence-electron chi connectivity index (χ1n) is 6.06. The number of hydrogen-bond acceptors (Lipinski definition) is 3. The van der Waals surface area contributed by atoms with Crippen molar-refractivity contribution in [2.45, 2.75) is 26.7 Å². The van der Waals surface area contributed by atoms with E-state index in [1.54, 1.807) is 0 Å². The van der Waals surface area contributed by atoms with Crippen molar-refractivity contribution in [3.05, 3.63) is 0 Å². The summed E-state index contributed by atoms with van der Waals surface area (Å²) in [5.74, 6) is 0.819. The van der Waals surface area contributed by atoms with Crippen LogP contribution in [0.1, 0.15) is 26.7 Å². The quantitative estimate of drug-likeness (QED) is 0.669. The third kappa shape index (κ3) is 4.09. The molecule has 0 atom stereocenters. The van der Waals surface area contributed by atoms with E-state index in [2.05, 4.69) is 31.1 Å². The smallest absolute Gasteiger partial charge is 0.0555 e. The van der Waals surface area contributed by atoms with Crippen molar-refractivity contribution in [1.29, 1.82) is 0 Å². The SMILES string of the molecule is CN1CCC(C(C)(C)CNCCO)CC1. The number of aliphatic hydroxyl groups is 1. The van der Waals surface area contributed by atoms with Crippen LogP contribution in [0.15, 0.2) is 0 Å². The van der Waals surface area contributed by atoms with Crippen molar-refractivity contribution in [3.63, 3.8) is 0 Å². The van der Waals surface area contributed by atoms with E-state index in [1.807, 2.05) is 0 Å². The van der Waals surface area contributed by atoms with Gasteiger partial charge in [-0.25, -0.2) is 0 Å². The van der Waals surface area contributed by atoms with Gasteiger partial charge < -0.3 is 15.3 Å². The van der Waals surface area contributed by atoms with Crippen molar-refractivity contribution in [3.8, 4) is 0 Å². The molecule has 1 fully saturated rings. The zero-order valence-electron chi connectivity index (χ0n) is 10.4. The number of nitrogens with zero attached hydrogens (tertiary/aromatic N) is 1. The molecule has 1 saturated heterocycles. The minimum absolute atomic E-state index is 0.240. The van der Waals surface area contributed by atoms with Gasteiger partial charge in [0.25, 0.3) is 0 Å². The van der Waals surface area contributed by atoms with Gasteiger partial charge in [-0.15, -0.1) is 0 Å². The summed E-state index contributed by atoms with van der Waals surface area (Å²) in [5, 5.41) is 12.1. The van der Waals surface area contributed by atoms with Crippen LogP contribution in [0.2, 0.25) is 0 Å². The molecule has 0 spiro atoms. The molecule has 0 unspecified atom stereocenters. The van der Waals surface area contributed by atoms with E-state index in [4.69, 9.17) is 5.11 Å². The summed E-state index contributed by atoms with van der Waals surface area (Å²) in [5.41, 5.74) is 0.358. The van der Waals surface area contributed by atoms with Crippen LogP contribution in [0.25, 0.3) is 0 Å². The Labute approximate surface area is 93.9 Å². The predicted molar refractivity (Wildman–Crippen MR) is 64.0 cm³/mol. The van der Waals surface area contributed by atoms with Gasteiger partial charge >= 0.3 is 0 Å². The number of nitrogens with one attached hydrogen (secondary N) is 1. The average molecular weight is 214 g/mol. The van der Waals surface area contributed by atoms with Crippen LogP contribution in [0.3, 0.4) is 0 Å². The molecule has 0 aliphatic carbocycles. The first-order valence-corrected chi connectivity index (χ1v) is 6.06. The molecule has 0 radical (unpaired) electrons. The molecular weight excluding hydrogens is 188 g/mol. The van der Waals surface area contributed by atoms with Crippen LogP contribution in [0, 0.1) is 11.3 Å². The fourth-order valence-electron chi connectivity index (χ4n) is 2.42. The predicted octanol–water partition coefficient (Wildman–Crippen LogP) is 0.936. The molecule has 0 saturated carbocycles. The summed E-state index contributed by atoms with van der Waals surface area (Å²) in [6, 6.07) is 0. The molecule has 0 aromatic rings. The van der Waals surface area contributed by atoms with Crippen LogP contribution in [0.5, 0.6) is 0 Å². The second-order valence-corrected chi connectivity index (χ2v) is 5.47. The Morgan fingerprint density at radius 1 is 1.33 bits per heavy atom. The molecule has 0 aromatic heterocycles. The summed E-state index contributed by atoms with van der Waals surface area (Å²) in [4.78, 5) is 2.41. The van der Waals surface area contributed by atoms with Gasteiger partial charge in [0, 0.05) is 13.1 Å². The van der Waals surface area contributed by atoms with Gasteiger partial charge in [-0.05, 0) is 44.3 Å². The summed E-state index contributed by atoms with van der Waals surface area (Å²) in [6.45, 7) is 9.12. The normalized spacial score (nSPS) is 20.8. The van der Waals surface area contributed by atoms with E-state index in [-0.39, 0.29) is 6.61 Å². The second-order valence-electron chi connectivity index (χ2n) is 5.47. The fraction of sp³-hybridized carbons (Fsp3) is 1.00. The van der Waals surface area contributed by atoms with Crippen LogP contribution >= 0.6 is 0 Å². The lowest BCUT2D eigenvalue weighted by atomic mass is 9.73. The lowest BCUT2D eigenvalue weighted by Gasteiger charge is -2.39. The minimum Gasteiger partial charge on any atom is -0.395 e. The van der Waals surface area contributed by atoms with Crippen LogP contribution < -0.4 is 5.32 Å². The molecule has 1 aliphatic heterocycles. The van der Waals surface area contributed by atoms with Crippen LogP contribution in [-0.4, -0.2) is 49.8 Å². The molecular formula is C12H26N2O. The standard InChI is InChI=1S/C12H26N2O/c1-12(2,10-13-6-9-15)11-4-7-14(3)8-5-11/h11,13,15H,4-10H2,1-3H3. The highest BCUT2D eigenvalue weighted by atomic mass is 16.3. The highest BCUT2D eigenvalue weighted by Crippen LogP contribution is 2.33. The van der Waals surface area contributed by atoms with Gasteiger partial charge in [0.1, 0.15) is 0 Å². The lowest BCUT2D eigenvalue weighted by Crippen LogP contribution is -2.42. The van der Waals surface area contributed by atoms with Crippen molar-refractivity contribution >= 4 is 0 Å². The molecule has 2 N–H and O–H groups in total. The van der Waals surface area contributed by atoms with Crippen LogP contribution in [0.4, 0.5) is 0 Å². The Hall–Kier alpha value is -0.120. The lowest BCUT2D eigenvalue weighted by molar-refractivity contribution is 0.112. The van der Waals surface area contributed by atoms with Gasteiger partial charge in [0.15, 0.2) is 0 Å². The Kier molecular flexibility index (Phi) is 5.03. The highest BCUT2D eigenvalue weighted by molar-refractivity contribution is 4.84. The van der Waals surface area contributed by atoms with Crippen molar-refractivity contribution in [1.82, 2.24) is 10.2 Å². The molecule has 3 heteroatoms. The maximum Gasteiger partial charge on any atom is 0.0555 e. The third-order valence-corrected chi connectivity index (χ3v) is 3.69. The maximum absolute atomic E-state index is 8.74. The van der Waals surface area contributed by atoms with E-state index in [0.717, 1.165) is 19.0 Å². The number of rotatable bonds is 5. The zero-order chi connectivity index (χ0) is 11.3. The topological polar surface area (TPSA) is 35.5 Å². The van der Waals surface area contributed by atoms with E-state index in [1.165, 1.54) is 25.9 Å². The van der Waals surface area contributed by atoms with Gasteiger partial charge in [-0.1, -0.05) is 13.8 Å². The van der Waals surface area contributed by atoms with Crippen LogP contribution in [-0.2, 0) is 0 Å². The number of likely N-dealkylation sites (tertiary alicyclic amines) is 1. The van der Waals surface area contributed by atoms with Gasteiger partial charge in [-0.2, -0.15) is 0 Å². The number of hydrogen-bond donors (Lipinski definition) is 2. The summed E-state index contributed by atoms with van der Waals surface area (Å²) >= 11 is 0. The van der Waals surface area contributed by atoms with E-state index in [0.29, 0.717) is 5.41 Å². The third-order valence-electron chi connectivity index (χ3n) is 3.69. The summed E-state index contributed by atoms with van der Waals surface area (Å²) in [6.07, 6.45) is 2.62. The number of aliphatic hydroxyl groups excluding tert-OH is 1. The van der Waals surface area contributed by atoms with E-state index in [9.17, 15) is 0 Å². The molecule has 0 amide bonds. The van der Waals surface area contributed by atoms with Crippen molar-refractivity contribution in [2.24, 2.45) is 11.3 Å². The molecule has 1 rings (SSSR count). The Morgan fingerprint density at radius 3 is 2.47 bits per heavy atom. The van der Waals surface area contributed by atoms with Gasteiger partial charge in [0.05, 0.1) is 6.61 Å². The Balaban J connectivity index is 2.32. The summed E-state index contributed by atoms with van der Waals surface area (Å²) in [7, 11) is 2.20. The maximum atomic E-state index is 8.74. The van der Waals surface area contributed by atoms with Gasteiger partial charge in [-0.3, -0.25) is 0 Å². The Bertz CT molecular complexity index is 174. The molecule has 0 bridgehead atoms. The molecule has 3 nitrogen and oxygen atoms in total. The molecule has 1 heterocycles. The molecule has 1 aliphatic rings. The molecule has 0 aromatic carbocycles. The first-order chi connectivity index (χ1) is 7.06. The van der Waals surface area contributed by atoms with Crippen molar-refractivity contribution in [2.75, 3.05) is 39.8 Å². The zero-order valence-corrected chi connectivity index (χ0v) is 10.4. The van der Waals surface area contributed by atoms with E-state index >= 15 is 0 Å². The average Bonchev–Trinajstić information content (AvgIpc) is 2.18. The Morgan fingerprint density at radius 2 is 1.93 bits per heavy atom. The van der Waals surface area contributed by atoms with Crippen molar-refractivity contribution < 1.29 is 5.11 Å². The van der Waals surface area contributed by atoms with E-state index < -0.39 is 0 Å². The monoisotopic (exact) mass is 214 g/mol. The highest BCUT2D eigenvalue weighted by Gasteiger charge is 2.31. The second kappa shape index (κ2) is 5.83. The molecule has 15 heavy (non-hydrogen) atoms. The largest absolute Gasteiger partial charge is 0.395 e. The first kappa shape index (κ1) is 12.9. The number of piperidine rings is 1. The molecule has 90 valence electrons. The minimum atomic E-state index is 0.240. The van der Waals surface area contributed by atoms with Gasteiger partial charge in [0.2, 0.25) is 0 Å². The summed E-state index contributed by atoms with van der Waals surface area (Å²) < 4.78 is 0. The fourth-order valence-corrected chi connectivity index (χ4v) is 2.42.